The second-order valence-corrected chi connectivity index (χ2v) is 6.74. The highest BCUT2D eigenvalue weighted by atomic mass is 16.5. The molecule has 31 heavy (non-hydrogen) atoms. The van der Waals surface area contributed by atoms with Gasteiger partial charge in [0.15, 0.2) is 5.78 Å². The number of benzene rings is 3. The highest BCUT2D eigenvalue weighted by Gasteiger charge is 2.15. The van der Waals surface area contributed by atoms with E-state index in [9.17, 15) is 14.4 Å². The molecule has 0 fully saturated rings. The van der Waals surface area contributed by atoms with E-state index in [1.165, 1.54) is 6.92 Å². The molecular weight excluding hydrogens is 392 g/mol. The summed E-state index contributed by atoms with van der Waals surface area (Å²) in [7, 11) is 1.57. The van der Waals surface area contributed by atoms with Crippen LogP contribution in [-0.2, 0) is 4.79 Å². The first-order valence-corrected chi connectivity index (χ1v) is 9.61. The fraction of sp³-hybridized carbons (Fsp3) is 0.0800. The van der Waals surface area contributed by atoms with E-state index in [0.29, 0.717) is 28.1 Å². The summed E-state index contributed by atoms with van der Waals surface area (Å²) < 4.78 is 5.16. The van der Waals surface area contributed by atoms with Crippen LogP contribution in [0.25, 0.3) is 6.08 Å². The molecule has 2 N–H and O–H groups in total. The number of amides is 2. The number of anilines is 1. The van der Waals surface area contributed by atoms with Gasteiger partial charge in [0.2, 0.25) is 0 Å². The van der Waals surface area contributed by atoms with E-state index in [1.807, 2.05) is 6.07 Å². The third-order valence-corrected chi connectivity index (χ3v) is 4.50. The second kappa shape index (κ2) is 10.0. The Labute approximate surface area is 180 Å². The van der Waals surface area contributed by atoms with Crippen LogP contribution < -0.4 is 15.4 Å². The lowest BCUT2D eigenvalue weighted by molar-refractivity contribution is -0.113. The molecule has 3 rings (SSSR count). The molecule has 0 saturated carbocycles. The summed E-state index contributed by atoms with van der Waals surface area (Å²) in [4.78, 5) is 37.0. The van der Waals surface area contributed by atoms with Crippen molar-refractivity contribution in [1.82, 2.24) is 5.32 Å². The van der Waals surface area contributed by atoms with Gasteiger partial charge >= 0.3 is 0 Å². The minimum absolute atomic E-state index is 0.0620. The van der Waals surface area contributed by atoms with E-state index in [-0.39, 0.29) is 11.5 Å². The van der Waals surface area contributed by atoms with E-state index in [1.54, 1.807) is 86.0 Å². The van der Waals surface area contributed by atoms with Crippen molar-refractivity contribution in [3.8, 4) is 5.75 Å². The Balaban J connectivity index is 1.86. The number of ketones is 1. The summed E-state index contributed by atoms with van der Waals surface area (Å²) in [5.74, 6) is -0.270. The van der Waals surface area contributed by atoms with Crippen molar-refractivity contribution in [2.75, 3.05) is 12.4 Å². The van der Waals surface area contributed by atoms with Gasteiger partial charge in [-0.3, -0.25) is 14.4 Å². The van der Waals surface area contributed by atoms with Crippen molar-refractivity contribution >= 4 is 29.4 Å². The van der Waals surface area contributed by atoms with Crippen LogP contribution in [0.2, 0.25) is 0 Å². The predicted octanol–water partition coefficient (Wildman–Crippen LogP) is 4.31. The van der Waals surface area contributed by atoms with Crippen molar-refractivity contribution in [1.29, 1.82) is 0 Å². The molecule has 0 saturated heterocycles. The highest BCUT2D eigenvalue weighted by molar-refractivity contribution is 6.10. The molecule has 6 nitrogen and oxygen atoms in total. The Hall–Kier alpha value is -4.19. The molecule has 6 heteroatoms. The fourth-order valence-corrected chi connectivity index (χ4v) is 2.80. The minimum Gasteiger partial charge on any atom is -0.497 e. The number of ether oxygens (including phenoxy) is 1. The van der Waals surface area contributed by atoms with Gasteiger partial charge in [-0.1, -0.05) is 30.3 Å². The summed E-state index contributed by atoms with van der Waals surface area (Å²) in [6.07, 6.45) is 1.58. The van der Waals surface area contributed by atoms with E-state index >= 15 is 0 Å². The largest absolute Gasteiger partial charge is 0.497 e. The van der Waals surface area contributed by atoms with E-state index < -0.39 is 11.8 Å². The summed E-state index contributed by atoms with van der Waals surface area (Å²) in [5.41, 5.74) is 2.27. The monoisotopic (exact) mass is 414 g/mol. The molecule has 0 radical (unpaired) electrons. The lowest BCUT2D eigenvalue weighted by Gasteiger charge is -2.12. The number of hydrogen-bond donors (Lipinski definition) is 2. The summed E-state index contributed by atoms with van der Waals surface area (Å²) in [6.45, 7) is 1.47. The molecule has 0 unspecified atom stereocenters. The van der Waals surface area contributed by atoms with E-state index in [4.69, 9.17) is 4.74 Å². The van der Waals surface area contributed by atoms with Gasteiger partial charge in [0, 0.05) is 16.8 Å². The van der Waals surface area contributed by atoms with Crippen molar-refractivity contribution in [3.05, 3.63) is 101 Å². The van der Waals surface area contributed by atoms with Crippen molar-refractivity contribution < 1.29 is 19.1 Å². The quantitative estimate of drug-likeness (QED) is 0.446. The molecule has 0 spiro atoms. The zero-order valence-electron chi connectivity index (χ0n) is 17.2. The number of rotatable bonds is 7. The predicted molar refractivity (Wildman–Crippen MR) is 120 cm³/mol. The van der Waals surface area contributed by atoms with E-state index in [0.717, 1.165) is 0 Å². The average Bonchev–Trinajstić information content (AvgIpc) is 2.80. The van der Waals surface area contributed by atoms with Gasteiger partial charge < -0.3 is 15.4 Å². The molecule has 0 bridgehead atoms. The molecule has 0 atom stereocenters. The standard InChI is InChI=1S/C25H22N2O4/c1-17(28)19-10-12-21(13-11-19)26-25(30)23(16-18-8-14-22(31-2)15-9-18)27-24(29)20-6-4-3-5-7-20/h3-16H,1-2H3,(H,26,30)(H,27,29). The zero-order valence-corrected chi connectivity index (χ0v) is 17.2. The van der Waals surface area contributed by atoms with Gasteiger partial charge in [0.05, 0.1) is 7.11 Å². The first-order chi connectivity index (χ1) is 15.0. The van der Waals surface area contributed by atoms with Crippen molar-refractivity contribution in [3.63, 3.8) is 0 Å². The SMILES string of the molecule is COc1ccc(C=C(NC(=O)c2ccccc2)C(=O)Nc2ccc(C(C)=O)cc2)cc1. The van der Waals surface area contributed by atoms with Crippen LogP contribution in [0.15, 0.2) is 84.6 Å². The first-order valence-electron chi connectivity index (χ1n) is 9.61. The van der Waals surface area contributed by atoms with Crippen LogP contribution in [0.3, 0.4) is 0 Å². The molecule has 0 heterocycles. The maximum absolute atomic E-state index is 12.9. The summed E-state index contributed by atoms with van der Waals surface area (Å²) >= 11 is 0. The van der Waals surface area contributed by atoms with Crippen molar-refractivity contribution in [2.45, 2.75) is 6.92 Å². The molecule has 2 amide bonds. The van der Waals surface area contributed by atoms with Crippen LogP contribution in [0, 0.1) is 0 Å². The van der Waals surface area contributed by atoms with Crippen molar-refractivity contribution in [2.24, 2.45) is 0 Å². The Kier molecular flexibility index (Phi) is 6.96. The number of carbonyl (C=O) groups is 3. The summed E-state index contributed by atoms with van der Waals surface area (Å²) in [5, 5.41) is 5.43. The summed E-state index contributed by atoms with van der Waals surface area (Å²) in [6, 6.07) is 22.3. The van der Waals surface area contributed by atoms with Crippen LogP contribution in [-0.4, -0.2) is 24.7 Å². The molecule has 3 aromatic rings. The van der Waals surface area contributed by atoms with E-state index in [2.05, 4.69) is 10.6 Å². The molecule has 0 aromatic heterocycles. The lowest BCUT2D eigenvalue weighted by Crippen LogP contribution is -2.30. The molecule has 0 aliphatic rings. The smallest absolute Gasteiger partial charge is 0.272 e. The van der Waals surface area contributed by atoms with Gasteiger partial charge in [-0.25, -0.2) is 0 Å². The number of Topliss-reactive ketones (excluding diaryl/α,β-unsaturated/α-hetero) is 1. The maximum atomic E-state index is 12.9. The van der Waals surface area contributed by atoms with Crippen LogP contribution in [0.1, 0.15) is 33.2 Å². The van der Waals surface area contributed by atoms with Gasteiger partial charge in [-0.15, -0.1) is 0 Å². The second-order valence-electron chi connectivity index (χ2n) is 6.74. The Morgan fingerprint density at radius 3 is 2.03 bits per heavy atom. The van der Waals surface area contributed by atoms with Gasteiger partial charge in [-0.2, -0.15) is 0 Å². The third kappa shape index (κ3) is 5.90. The zero-order chi connectivity index (χ0) is 22.2. The van der Waals surface area contributed by atoms with Crippen LogP contribution in [0.4, 0.5) is 5.69 Å². The Bertz CT molecular complexity index is 1100. The number of methoxy groups -OCH3 is 1. The number of carbonyl (C=O) groups excluding carboxylic acids is 3. The normalized spacial score (nSPS) is 10.8. The molecule has 0 aliphatic heterocycles. The third-order valence-electron chi connectivity index (χ3n) is 4.50. The minimum atomic E-state index is -0.490. The van der Waals surface area contributed by atoms with Gasteiger partial charge in [0.1, 0.15) is 11.4 Å². The van der Waals surface area contributed by atoms with Gasteiger partial charge in [-0.05, 0) is 67.1 Å². The number of nitrogens with one attached hydrogen (secondary N) is 2. The first kappa shape index (κ1) is 21.5. The maximum Gasteiger partial charge on any atom is 0.272 e. The molecule has 3 aromatic carbocycles. The van der Waals surface area contributed by atoms with Crippen LogP contribution >= 0.6 is 0 Å². The highest BCUT2D eigenvalue weighted by Crippen LogP contribution is 2.16. The van der Waals surface area contributed by atoms with Gasteiger partial charge in [0.25, 0.3) is 11.8 Å². The molecule has 0 aliphatic carbocycles. The topological polar surface area (TPSA) is 84.5 Å². The lowest BCUT2D eigenvalue weighted by atomic mass is 10.1. The molecular formula is C25H22N2O4. The fourth-order valence-electron chi connectivity index (χ4n) is 2.80. The average molecular weight is 414 g/mol. The Morgan fingerprint density at radius 1 is 0.806 bits per heavy atom. The number of hydrogen-bond acceptors (Lipinski definition) is 4. The Morgan fingerprint density at radius 2 is 1.45 bits per heavy atom. The molecule has 156 valence electrons. The van der Waals surface area contributed by atoms with Crippen LogP contribution in [0.5, 0.6) is 5.75 Å².